The van der Waals surface area contributed by atoms with Gasteiger partial charge in [-0.2, -0.15) is 0 Å². The van der Waals surface area contributed by atoms with E-state index in [0.29, 0.717) is 0 Å². The van der Waals surface area contributed by atoms with Crippen LogP contribution >= 0.6 is 0 Å². The van der Waals surface area contributed by atoms with Crippen molar-refractivity contribution in [3.8, 4) is 0 Å². The molecule has 0 saturated heterocycles. The van der Waals surface area contributed by atoms with Crippen molar-refractivity contribution >= 4 is 0 Å². The van der Waals surface area contributed by atoms with Crippen molar-refractivity contribution in [3.63, 3.8) is 0 Å². The maximum absolute atomic E-state index is 2.46. The van der Waals surface area contributed by atoms with Crippen molar-refractivity contribution in [1.82, 2.24) is 0 Å². The Balaban J connectivity index is 1.47. The Kier molecular flexibility index (Phi) is 1.91. The first-order valence-electron chi connectivity index (χ1n) is 9.02. The second-order valence-electron chi connectivity index (χ2n) is 8.41. The Bertz CT molecular complexity index is 524. The van der Waals surface area contributed by atoms with Gasteiger partial charge in [0.15, 0.2) is 0 Å². The van der Waals surface area contributed by atoms with E-state index in [1.165, 1.54) is 19.3 Å². The monoisotopic (exact) mass is 264 g/mol. The highest BCUT2D eigenvalue weighted by Crippen LogP contribution is 2.75. The number of hydrogen-bond donors (Lipinski definition) is 0. The van der Waals surface area contributed by atoms with Crippen molar-refractivity contribution in [2.75, 3.05) is 0 Å². The molecule has 8 atom stereocenters. The van der Waals surface area contributed by atoms with E-state index in [9.17, 15) is 0 Å². The predicted octanol–water partition coefficient (Wildman–Crippen LogP) is 4.96. The summed E-state index contributed by atoms with van der Waals surface area (Å²) in [5.74, 6) is 8.64. The van der Waals surface area contributed by atoms with Crippen LogP contribution in [-0.4, -0.2) is 0 Å². The molecular formula is C20H24. The zero-order valence-electron chi connectivity index (χ0n) is 12.2. The van der Waals surface area contributed by atoms with Crippen LogP contribution in [0.1, 0.15) is 61.5 Å². The molecule has 20 heavy (non-hydrogen) atoms. The maximum atomic E-state index is 2.46. The molecule has 4 bridgehead atoms. The Morgan fingerprint density at radius 3 is 1.75 bits per heavy atom. The molecule has 0 amide bonds. The number of hydrogen-bond acceptors (Lipinski definition) is 0. The minimum absolute atomic E-state index is 0.957. The lowest BCUT2D eigenvalue weighted by atomic mass is 9.59. The zero-order chi connectivity index (χ0) is 12.8. The van der Waals surface area contributed by atoms with Crippen LogP contribution in [-0.2, 0) is 0 Å². The number of benzene rings is 1. The minimum Gasteiger partial charge on any atom is -0.0620 e. The van der Waals surface area contributed by atoms with Crippen molar-refractivity contribution in [2.24, 2.45) is 35.5 Å². The molecule has 5 aliphatic rings. The second-order valence-corrected chi connectivity index (χ2v) is 8.41. The lowest BCUT2D eigenvalue weighted by Crippen LogP contribution is -2.38. The summed E-state index contributed by atoms with van der Waals surface area (Å²) in [6, 6.07) is 9.48. The third kappa shape index (κ3) is 1.07. The Morgan fingerprint density at radius 2 is 1.20 bits per heavy atom. The smallest absolute Gasteiger partial charge is 0.0119 e. The molecule has 0 heterocycles. The van der Waals surface area contributed by atoms with Gasteiger partial charge < -0.3 is 0 Å². The van der Waals surface area contributed by atoms with Crippen LogP contribution in [0.3, 0.4) is 0 Å². The Labute approximate surface area is 122 Å². The van der Waals surface area contributed by atoms with Crippen LogP contribution in [0.5, 0.6) is 0 Å². The van der Waals surface area contributed by atoms with Gasteiger partial charge in [0.2, 0.25) is 0 Å². The highest BCUT2D eigenvalue weighted by atomic mass is 14.7. The fourth-order valence-electron chi connectivity index (χ4n) is 7.95. The molecule has 0 aromatic heterocycles. The van der Waals surface area contributed by atoms with Gasteiger partial charge in [-0.15, -0.1) is 0 Å². The molecule has 6 rings (SSSR count). The highest BCUT2D eigenvalue weighted by Gasteiger charge is 2.66. The van der Waals surface area contributed by atoms with E-state index in [1.807, 2.05) is 0 Å². The molecule has 104 valence electrons. The molecule has 1 aromatic carbocycles. The second kappa shape index (κ2) is 3.51. The average Bonchev–Trinajstić information content (AvgIpc) is 3.23. The molecule has 0 unspecified atom stereocenters. The van der Waals surface area contributed by atoms with Gasteiger partial charge in [0, 0.05) is 0 Å². The topological polar surface area (TPSA) is 0 Å². The van der Waals surface area contributed by atoms with Crippen LogP contribution in [0.25, 0.3) is 0 Å². The SMILES string of the molecule is c1ccc2c(c1)[C@H]1C[C@@H]2[C@H]2[C@@H]3C[C@@H]([C@H]4CCCC[C@H]43)[C@H]21. The van der Waals surface area contributed by atoms with Gasteiger partial charge in [-0.05, 0) is 84.2 Å². The van der Waals surface area contributed by atoms with E-state index >= 15 is 0 Å². The summed E-state index contributed by atoms with van der Waals surface area (Å²) in [5.41, 5.74) is 3.53. The summed E-state index contributed by atoms with van der Waals surface area (Å²) >= 11 is 0. The van der Waals surface area contributed by atoms with E-state index in [1.54, 1.807) is 30.4 Å². The van der Waals surface area contributed by atoms with E-state index in [2.05, 4.69) is 24.3 Å². The Morgan fingerprint density at radius 1 is 0.650 bits per heavy atom. The third-order valence-electron chi connectivity index (χ3n) is 8.18. The van der Waals surface area contributed by atoms with E-state index in [0.717, 1.165) is 47.3 Å². The van der Waals surface area contributed by atoms with Crippen molar-refractivity contribution in [2.45, 2.75) is 50.4 Å². The standard InChI is InChI=1S/C20H24/c1-2-6-12-11(5-1)15-9-16(12)20-18-10-17(19(15)20)13-7-3-4-8-14(13)18/h1-2,5-6,13-20H,3-4,7-10H2/t13-,14+,15+,16-,17-,18+,19+,20-. The minimum atomic E-state index is 0.957. The van der Waals surface area contributed by atoms with Gasteiger partial charge in [-0.25, -0.2) is 0 Å². The summed E-state index contributed by atoms with van der Waals surface area (Å²) in [6.07, 6.45) is 9.36. The molecular weight excluding hydrogens is 240 g/mol. The maximum Gasteiger partial charge on any atom is -0.0119 e. The fourth-order valence-corrected chi connectivity index (χ4v) is 7.95. The first-order chi connectivity index (χ1) is 9.93. The van der Waals surface area contributed by atoms with Crippen LogP contribution in [0.2, 0.25) is 0 Å². The summed E-state index contributed by atoms with van der Waals surface area (Å²) in [5, 5.41) is 0. The highest BCUT2D eigenvalue weighted by molar-refractivity contribution is 5.45. The summed E-state index contributed by atoms with van der Waals surface area (Å²) < 4.78 is 0. The first-order valence-corrected chi connectivity index (χ1v) is 9.02. The summed E-state index contributed by atoms with van der Waals surface area (Å²) in [7, 11) is 0. The van der Waals surface area contributed by atoms with Crippen LogP contribution < -0.4 is 0 Å². The van der Waals surface area contributed by atoms with Crippen LogP contribution in [0, 0.1) is 35.5 Å². The van der Waals surface area contributed by atoms with Gasteiger partial charge >= 0.3 is 0 Å². The molecule has 0 radical (unpaired) electrons. The number of rotatable bonds is 0. The lowest BCUT2D eigenvalue weighted by molar-refractivity contribution is 0.0639. The third-order valence-corrected chi connectivity index (χ3v) is 8.18. The molecule has 0 N–H and O–H groups in total. The first kappa shape index (κ1) is 10.9. The average molecular weight is 264 g/mol. The van der Waals surface area contributed by atoms with Gasteiger partial charge in [-0.3, -0.25) is 0 Å². The molecule has 1 aromatic rings. The summed E-state index contributed by atoms with van der Waals surface area (Å²) in [4.78, 5) is 0. The zero-order valence-corrected chi connectivity index (χ0v) is 12.2. The van der Waals surface area contributed by atoms with Crippen molar-refractivity contribution in [3.05, 3.63) is 35.4 Å². The van der Waals surface area contributed by atoms with Gasteiger partial charge in [-0.1, -0.05) is 37.1 Å². The number of fused-ring (bicyclic) bond motifs is 15. The largest absolute Gasteiger partial charge is 0.0620 e. The molecule has 5 aliphatic carbocycles. The molecule has 0 heteroatoms. The van der Waals surface area contributed by atoms with Crippen LogP contribution in [0.4, 0.5) is 0 Å². The van der Waals surface area contributed by atoms with E-state index in [-0.39, 0.29) is 0 Å². The molecule has 0 aliphatic heterocycles. The fraction of sp³-hybridized carbons (Fsp3) is 0.700. The van der Waals surface area contributed by atoms with Gasteiger partial charge in [0.1, 0.15) is 0 Å². The molecule has 0 spiro atoms. The predicted molar refractivity (Wildman–Crippen MR) is 80.6 cm³/mol. The van der Waals surface area contributed by atoms with E-state index < -0.39 is 0 Å². The molecule has 0 nitrogen and oxygen atoms in total. The van der Waals surface area contributed by atoms with Crippen LogP contribution in [0.15, 0.2) is 24.3 Å². The Hall–Kier alpha value is -0.780. The van der Waals surface area contributed by atoms with Crippen molar-refractivity contribution < 1.29 is 0 Å². The summed E-state index contributed by atoms with van der Waals surface area (Å²) in [6.45, 7) is 0. The molecule has 4 fully saturated rings. The normalized spacial score (nSPS) is 53.8. The van der Waals surface area contributed by atoms with Gasteiger partial charge in [0.05, 0.1) is 0 Å². The van der Waals surface area contributed by atoms with E-state index in [4.69, 9.17) is 0 Å². The van der Waals surface area contributed by atoms with Crippen molar-refractivity contribution in [1.29, 1.82) is 0 Å². The molecule has 4 saturated carbocycles. The lowest BCUT2D eigenvalue weighted by Gasteiger charge is -2.45. The quantitative estimate of drug-likeness (QED) is 0.581. The van der Waals surface area contributed by atoms with Gasteiger partial charge in [0.25, 0.3) is 0 Å².